The van der Waals surface area contributed by atoms with Crippen LogP contribution in [0.15, 0.2) is 0 Å². The zero-order chi connectivity index (χ0) is 9.52. The summed E-state index contributed by atoms with van der Waals surface area (Å²) in [6.45, 7) is 8.68. The monoisotopic (exact) mass is 180 g/mol. The summed E-state index contributed by atoms with van der Waals surface area (Å²) < 4.78 is 0. The highest BCUT2D eigenvalue weighted by molar-refractivity contribution is 4.97. The van der Waals surface area contributed by atoms with E-state index in [1.165, 1.54) is 32.5 Å². The first-order valence-corrected chi connectivity index (χ1v) is 5.18. The van der Waals surface area contributed by atoms with Crippen molar-refractivity contribution in [3.05, 3.63) is 0 Å². The Labute approximate surface area is 81.7 Å². The summed E-state index contributed by atoms with van der Waals surface area (Å²) in [4.78, 5) is 2.52. The highest BCUT2D eigenvalue weighted by Crippen LogP contribution is 2.07. The maximum atomic E-state index is 3.40. The van der Waals surface area contributed by atoms with Crippen LogP contribution in [0.5, 0.6) is 0 Å². The number of nitrogens with one attached hydrogen (secondary N) is 1. The van der Waals surface area contributed by atoms with E-state index in [1.54, 1.807) is 0 Å². The summed E-state index contributed by atoms with van der Waals surface area (Å²) in [6, 6.07) is 0.568. The van der Waals surface area contributed by atoms with Gasteiger partial charge in [-0.2, -0.15) is 0 Å². The smallest absolute Gasteiger partial charge is 0.0578 e. The van der Waals surface area contributed by atoms with Crippen LogP contribution < -0.4 is 5.32 Å². The zero-order valence-corrected chi connectivity index (χ0v) is 8.77. The van der Waals surface area contributed by atoms with Crippen molar-refractivity contribution >= 4 is 0 Å². The van der Waals surface area contributed by atoms with Gasteiger partial charge in [0.25, 0.3) is 0 Å². The molecule has 1 rings (SSSR count). The first kappa shape index (κ1) is 10.6. The quantitative estimate of drug-likeness (QED) is 0.651. The van der Waals surface area contributed by atoms with Crippen LogP contribution in [0.4, 0.5) is 0 Å². The van der Waals surface area contributed by atoms with Gasteiger partial charge in [0.05, 0.1) is 6.54 Å². The molecule has 1 fully saturated rings. The van der Waals surface area contributed by atoms with Gasteiger partial charge >= 0.3 is 0 Å². The molecule has 0 amide bonds. The Hall–Kier alpha value is -0.520. The van der Waals surface area contributed by atoms with Crippen LogP contribution in [-0.2, 0) is 0 Å². The molecule has 1 heterocycles. The second kappa shape index (κ2) is 6.01. The van der Waals surface area contributed by atoms with E-state index in [1.807, 2.05) is 6.92 Å². The molecule has 1 aliphatic heterocycles. The highest BCUT2D eigenvalue weighted by Gasteiger charge is 2.13. The van der Waals surface area contributed by atoms with Crippen LogP contribution >= 0.6 is 0 Å². The topological polar surface area (TPSA) is 15.3 Å². The molecule has 0 spiro atoms. The van der Waals surface area contributed by atoms with E-state index in [-0.39, 0.29) is 0 Å². The molecule has 13 heavy (non-hydrogen) atoms. The van der Waals surface area contributed by atoms with Crippen molar-refractivity contribution in [2.75, 3.05) is 26.2 Å². The van der Waals surface area contributed by atoms with E-state index in [2.05, 4.69) is 29.0 Å². The maximum absolute atomic E-state index is 3.40. The molecule has 0 saturated carbocycles. The zero-order valence-electron chi connectivity index (χ0n) is 8.77. The lowest BCUT2D eigenvalue weighted by Gasteiger charge is -2.20. The molecule has 0 aromatic rings. The van der Waals surface area contributed by atoms with E-state index in [0.29, 0.717) is 6.04 Å². The van der Waals surface area contributed by atoms with Gasteiger partial charge in [0, 0.05) is 12.6 Å². The van der Waals surface area contributed by atoms with Gasteiger partial charge in [0.15, 0.2) is 0 Å². The molecule has 2 nitrogen and oxygen atoms in total. The molecule has 1 atom stereocenters. The minimum atomic E-state index is 0.568. The number of nitrogens with zero attached hydrogens (tertiary/aromatic N) is 1. The second-order valence-corrected chi connectivity index (χ2v) is 3.72. The normalized spacial score (nSPS) is 19.5. The number of rotatable bonds is 4. The van der Waals surface area contributed by atoms with E-state index in [9.17, 15) is 0 Å². The van der Waals surface area contributed by atoms with E-state index >= 15 is 0 Å². The van der Waals surface area contributed by atoms with Crippen molar-refractivity contribution in [2.24, 2.45) is 0 Å². The molecular formula is C11H20N2. The number of hydrogen-bond acceptors (Lipinski definition) is 2. The molecule has 1 unspecified atom stereocenters. The van der Waals surface area contributed by atoms with Crippen molar-refractivity contribution in [2.45, 2.75) is 32.7 Å². The van der Waals surface area contributed by atoms with Crippen LogP contribution in [0.2, 0.25) is 0 Å². The maximum Gasteiger partial charge on any atom is 0.0578 e. The van der Waals surface area contributed by atoms with Gasteiger partial charge in [-0.05, 0) is 39.8 Å². The largest absolute Gasteiger partial charge is 0.302 e. The Balaban J connectivity index is 2.07. The minimum Gasteiger partial charge on any atom is -0.302 e. The van der Waals surface area contributed by atoms with Gasteiger partial charge in [-0.25, -0.2) is 0 Å². The lowest BCUT2D eigenvalue weighted by molar-refractivity contribution is 0.303. The molecule has 0 aromatic heterocycles. The summed E-state index contributed by atoms with van der Waals surface area (Å²) in [5, 5.41) is 3.40. The predicted molar refractivity (Wildman–Crippen MR) is 56.6 cm³/mol. The minimum absolute atomic E-state index is 0.568. The van der Waals surface area contributed by atoms with Gasteiger partial charge in [-0.1, -0.05) is 5.92 Å². The standard InChI is InChI=1S/C11H20N2/c1-3-4-7-12-11(2)10-13-8-5-6-9-13/h11-12H,5-10H2,1-2H3. The third kappa shape index (κ3) is 4.31. The summed E-state index contributed by atoms with van der Waals surface area (Å²) in [6.07, 6.45) is 2.75. The van der Waals surface area contributed by atoms with Gasteiger partial charge in [-0.3, -0.25) is 0 Å². The fourth-order valence-electron chi connectivity index (χ4n) is 1.73. The molecule has 0 bridgehead atoms. The molecular weight excluding hydrogens is 160 g/mol. The average Bonchev–Trinajstić information content (AvgIpc) is 2.57. The van der Waals surface area contributed by atoms with E-state index in [0.717, 1.165) is 6.54 Å². The lowest BCUT2D eigenvalue weighted by atomic mass is 10.3. The fourth-order valence-corrected chi connectivity index (χ4v) is 1.73. The van der Waals surface area contributed by atoms with Gasteiger partial charge < -0.3 is 10.2 Å². The first-order chi connectivity index (χ1) is 6.33. The van der Waals surface area contributed by atoms with E-state index in [4.69, 9.17) is 0 Å². The Morgan fingerprint density at radius 1 is 1.38 bits per heavy atom. The van der Waals surface area contributed by atoms with Crippen LogP contribution in [-0.4, -0.2) is 37.1 Å². The van der Waals surface area contributed by atoms with E-state index < -0.39 is 0 Å². The Morgan fingerprint density at radius 3 is 2.69 bits per heavy atom. The van der Waals surface area contributed by atoms with Crippen LogP contribution in [0, 0.1) is 11.8 Å². The Kier molecular flexibility index (Phi) is 4.88. The average molecular weight is 180 g/mol. The van der Waals surface area contributed by atoms with Gasteiger partial charge in [0.2, 0.25) is 0 Å². The van der Waals surface area contributed by atoms with Crippen LogP contribution in [0.25, 0.3) is 0 Å². The number of likely N-dealkylation sites (tertiary alicyclic amines) is 1. The van der Waals surface area contributed by atoms with Crippen molar-refractivity contribution in [3.63, 3.8) is 0 Å². The Bertz CT molecular complexity index is 184. The molecule has 1 saturated heterocycles. The molecule has 74 valence electrons. The van der Waals surface area contributed by atoms with Crippen molar-refractivity contribution in [3.8, 4) is 11.8 Å². The number of hydrogen-bond donors (Lipinski definition) is 1. The third-order valence-electron chi connectivity index (χ3n) is 2.45. The molecule has 0 radical (unpaired) electrons. The SMILES string of the molecule is CC#CCNC(C)CN1CCCC1. The van der Waals surface area contributed by atoms with Crippen molar-refractivity contribution in [1.29, 1.82) is 0 Å². The summed E-state index contributed by atoms with van der Waals surface area (Å²) >= 11 is 0. The lowest BCUT2D eigenvalue weighted by Crippen LogP contribution is -2.38. The molecule has 1 aliphatic rings. The first-order valence-electron chi connectivity index (χ1n) is 5.18. The van der Waals surface area contributed by atoms with Crippen molar-refractivity contribution in [1.82, 2.24) is 10.2 Å². The molecule has 1 N–H and O–H groups in total. The third-order valence-corrected chi connectivity index (χ3v) is 2.45. The fraction of sp³-hybridized carbons (Fsp3) is 0.818. The van der Waals surface area contributed by atoms with Crippen LogP contribution in [0.3, 0.4) is 0 Å². The summed E-state index contributed by atoms with van der Waals surface area (Å²) in [5.74, 6) is 5.92. The highest BCUT2D eigenvalue weighted by atomic mass is 15.2. The Morgan fingerprint density at radius 2 is 2.08 bits per heavy atom. The van der Waals surface area contributed by atoms with Crippen molar-refractivity contribution < 1.29 is 0 Å². The molecule has 0 aromatic carbocycles. The summed E-state index contributed by atoms with van der Waals surface area (Å²) in [5.41, 5.74) is 0. The second-order valence-electron chi connectivity index (χ2n) is 3.72. The van der Waals surface area contributed by atoms with Crippen LogP contribution in [0.1, 0.15) is 26.7 Å². The van der Waals surface area contributed by atoms with Gasteiger partial charge in [0.1, 0.15) is 0 Å². The predicted octanol–water partition coefficient (Wildman–Crippen LogP) is 1.08. The molecule has 0 aliphatic carbocycles. The summed E-state index contributed by atoms with van der Waals surface area (Å²) in [7, 11) is 0. The van der Waals surface area contributed by atoms with Gasteiger partial charge in [-0.15, -0.1) is 5.92 Å². The molecule has 2 heteroatoms.